The minimum absolute atomic E-state index is 0.0254. The lowest BCUT2D eigenvalue weighted by molar-refractivity contribution is -0.139. The van der Waals surface area contributed by atoms with Crippen LogP contribution in [0.1, 0.15) is 13.3 Å². The number of carbonyl (C=O) groups excluding carboxylic acids is 1. The number of ether oxygens (including phenoxy) is 1. The summed E-state index contributed by atoms with van der Waals surface area (Å²) >= 11 is 6.06. The Morgan fingerprint density at radius 2 is 1.85 bits per heavy atom. The maximum absolute atomic E-state index is 13.0. The van der Waals surface area contributed by atoms with Gasteiger partial charge in [-0.25, -0.2) is 4.39 Å². The third kappa shape index (κ3) is 4.47. The Bertz CT molecular complexity index is 746. The van der Waals surface area contributed by atoms with E-state index in [1.54, 1.807) is 12.1 Å². The molecule has 1 amide bonds. The van der Waals surface area contributed by atoms with E-state index in [-0.39, 0.29) is 11.7 Å². The average molecular weight is 377 g/mol. The molecule has 0 spiro atoms. The molecule has 2 aromatic carbocycles. The lowest BCUT2D eigenvalue weighted by atomic mass is 10.2. The largest absolute Gasteiger partial charge is 0.481 e. The van der Waals surface area contributed by atoms with Gasteiger partial charge in [0.2, 0.25) is 0 Å². The van der Waals surface area contributed by atoms with Crippen molar-refractivity contribution in [3.05, 3.63) is 59.4 Å². The molecule has 1 aliphatic heterocycles. The van der Waals surface area contributed by atoms with Gasteiger partial charge < -0.3 is 14.5 Å². The first-order chi connectivity index (χ1) is 12.6. The SMILES string of the molecule is CCC(Oc1ccc(F)cc1)C(=O)N1CCN(c2cccc(Cl)c2)CC1. The molecule has 6 heteroatoms. The smallest absolute Gasteiger partial charge is 0.263 e. The van der Waals surface area contributed by atoms with Gasteiger partial charge in [-0.15, -0.1) is 0 Å². The molecule has 1 saturated heterocycles. The summed E-state index contributed by atoms with van der Waals surface area (Å²) in [6.45, 7) is 4.68. The molecule has 0 N–H and O–H groups in total. The Kier molecular flexibility index (Phi) is 5.99. The zero-order valence-electron chi connectivity index (χ0n) is 14.7. The number of halogens is 2. The van der Waals surface area contributed by atoms with Crippen molar-refractivity contribution in [2.24, 2.45) is 0 Å². The third-order valence-corrected chi connectivity index (χ3v) is 4.74. The van der Waals surface area contributed by atoms with E-state index < -0.39 is 6.10 Å². The number of carbonyl (C=O) groups is 1. The quantitative estimate of drug-likeness (QED) is 0.791. The molecular weight excluding hydrogens is 355 g/mol. The minimum Gasteiger partial charge on any atom is -0.481 e. The molecule has 0 saturated carbocycles. The Balaban J connectivity index is 1.58. The molecule has 1 unspecified atom stereocenters. The van der Waals surface area contributed by atoms with E-state index in [1.807, 2.05) is 36.1 Å². The molecule has 2 aromatic rings. The van der Waals surface area contributed by atoms with Gasteiger partial charge in [0.05, 0.1) is 0 Å². The van der Waals surface area contributed by atoms with Crippen molar-refractivity contribution in [1.82, 2.24) is 4.90 Å². The molecule has 0 aliphatic carbocycles. The summed E-state index contributed by atoms with van der Waals surface area (Å²) in [5, 5.41) is 0.708. The summed E-state index contributed by atoms with van der Waals surface area (Å²) in [6.07, 6.45) is 0.00300. The molecule has 3 rings (SSSR count). The first-order valence-electron chi connectivity index (χ1n) is 8.78. The second-order valence-corrected chi connectivity index (χ2v) is 6.70. The van der Waals surface area contributed by atoms with Crippen LogP contribution in [0.15, 0.2) is 48.5 Å². The first kappa shape index (κ1) is 18.5. The third-order valence-electron chi connectivity index (χ3n) is 4.50. The van der Waals surface area contributed by atoms with Crippen molar-refractivity contribution >= 4 is 23.2 Å². The number of hydrogen-bond acceptors (Lipinski definition) is 3. The minimum atomic E-state index is -0.557. The zero-order valence-corrected chi connectivity index (χ0v) is 15.5. The maximum Gasteiger partial charge on any atom is 0.263 e. The summed E-state index contributed by atoms with van der Waals surface area (Å²) in [4.78, 5) is 16.8. The van der Waals surface area contributed by atoms with Gasteiger partial charge in [0, 0.05) is 36.9 Å². The molecule has 1 heterocycles. The summed E-state index contributed by atoms with van der Waals surface area (Å²) in [5.41, 5.74) is 1.07. The van der Waals surface area contributed by atoms with Gasteiger partial charge >= 0.3 is 0 Å². The van der Waals surface area contributed by atoms with Crippen molar-refractivity contribution in [2.75, 3.05) is 31.1 Å². The van der Waals surface area contributed by atoms with E-state index in [0.29, 0.717) is 30.3 Å². The van der Waals surface area contributed by atoms with E-state index in [1.165, 1.54) is 12.1 Å². The van der Waals surface area contributed by atoms with Crippen molar-refractivity contribution in [1.29, 1.82) is 0 Å². The molecule has 138 valence electrons. The number of piperazine rings is 1. The zero-order chi connectivity index (χ0) is 18.5. The molecule has 1 atom stereocenters. The van der Waals surface area contributed by atoms with Crippen molar-refractivity contribution in [2.45, 2.75) is 19.4 Å². The van der Waals surface area contributed by atoms with E-state index in [4.69, 9.17) is 16.3 Å². The van der Waals surface area contributed by atoms with Crippen LogP contribution in [0, 0.1) is 5.82 Å². The lowest BCUT2D eigenvalue weighted by Gasteiger charge is -2.37. The average Bonchev–Trinajstić information content (AvgIpc) is 2.67. The summed E-state index contributed by atoms with van der Waals surface area (Å²) in [7, 11) is 0. The number of nitrogens with zero attached hydrogens (tertiary/aromatic N) is 2. The molecule has 1 aliphatic rings. The summed E-state index contributed by atoms with van der Waals surface area (Å²) in [5.74, 6) is 0.153. The van der Waals surface area contributed by atoms with Crippen molar-refractivity contribution in [3.63, 3.8) is 0 Å². The second kappa shape index (κ2) is 8.41. The molecule has 26 heavy (non-hydrogen) atoms. The van der Waals surface area contributed by atoms with E-state index in [2.05, 4.69) is 4.90 Å². The Morgan fingerprint density at radius 1 is 1.15 bits per heavy atom. The van der Waals surface area contributed by atoms with Gasteiger partial charge in [-0.2, -0.15) is 0 Å². The first-order valence-corrected chi connectivity index (χ1v) is 9.16. The van der Waals surface area contributed by atoms with Crippen molar-refractivity contribution in [3.8, 4) is 5.75 Å². The Labute approximate surface area is 158 Å². The van der Waals surface area contributed by atoms with Crippen LogP contribution in [0.3, 0.4) is 0 Å². The highest BCUT2D eigenvalue weighted by Crippen LogP contribution is 2.22. The molecule has 0 bridgehead atoms. The van der Waals surface area contributed by atoms with Gasteiger partial charge in [-0.3, -0.25) is 4.79 Å². The van der Waals surface area contributed by atoms with Gasteiger partial charge in [0.1, 0.15) is 11.6 Å². The monoisotopic (exact) mass is 376 g/mol. The molecule has 0 radical (unpaired) electrons. The molecular formula is C20H22ClFN2O2. The van der Waals surface area contributed by atoms with Crippen molar-refractivity contribution < 1.29 is 13.9 Å². The second-order valence-electron chi connectivity index (χ2n) is 6.26. The normalized spacial score (nSPS) is 15.7. The number of benzene rings is 2. The predicted octanol–water partition coefficient (Wildman–Crippen LogP) is 3.99. The van der Waals surface area contributed by atoms with Crippen LogP contribution < -0.4 is 9.64 Å². The molecule has 4 nitrogen and oxygen atoms in total. The van der Waals surface area contributed by atoms with Gasteiger partial charge in [0.25, 0.3) is 5.91 Å². The Morgan fingerprint density at radius 3 is 2.46 bits per heavy atom. The van der Waals surface area contributed by atoms with Crippen LogP contribution >= 0.6 is 11.6 Å². The standard InChI is InChI=1S/C20H22ClFN2O2/c1-2-19(26-18-8-6-16(22)7-9-18)20(25)24-12-10-23(11-13-24)17-5-3-4-15(21)14-17/h3-9,14,19H,2,10-13H2,1H3. The highest BCUT2D eigenvalue weighted by molar-refractivity contribution is 6.30. The van der Waals surface area contributed by atoms with Crippen LogP contribution in [-0.4, -0.2) is 43.1 Å². The molecule has 1 fully saturated rings. The van der Waals surface area contributed by atoms with Gasteiger partial charge in [0.15, 0.2) is 6.10 Å². The van der Waals surface area contributed by atoms with E-state index >= 15 is 0 Å². The Hall–Kier alpha value is -2.27. The lowest BCUT2D eigenvalue weighted by Crippen LogP contribution is -2.52. The fraction of sp³-hybridized carbons (Fsp3) is 0.350. The summed E-state index contributed by atoms with van der Waals surface area (Å²) in [6, 6.07) is 13.5. The van der Waals surface area contributed by atoms with E-state index in [9.17, 15) is 9.18 Å². The van der Waals surface area contributed by atoms with Gasteiger partial charge in [-0.1, -0.05) is 24.6 Å². The van der Waals surface area contributed by atoms with Crippen LogP contribution in [0.5, 0.6) is 5.75 Å². The van der Waals surface area contributed by atoms with E-state index in [0.717, 1.165) is 18.8 Å². The predicted molar refractivity (Wildman–Crippen MR) is 101 cm³/mol. The highest BCUT2D eigenvalue weighted by atomic mass is 35.5. The number of rotatable bonds is 5. The number of amides is 1. The fourth-order valence-corrected chi connectivity index (χ4v) is 3.23. The maximum atomic E-state index is 13.0. The fourth-order valence-electron chi connectivity index (χ4n) is 3.05. The van der Waals surface area contributed by atoms with Crippen LogP contribution in [0.25, 0.3) is 0 Å². The number of anilines is 1. The highest BCUT2D eigenvalue weighted by Gasteiger charge is 2.28. The molecule has 0 aromatic heterocycles. The van der Waals surface area contributed by atoms with Crippen LogP contribution in [-0.2, 0) is 4.79 Å². The number of hydrogen-bond donors (Lipinski definition) is 0. The topological polar surface area (TPSA) is 32.8 Å². The summed E-state index contributed by atoms with van der Waals surface area (Å²) < 4.78 is 18.8. The van der Waals surface area contributed by atoms with Crippen LogP contribution in [0.4, 0.5) is 10.1 Å². The van der Waals surface area contributed by atoms with Crippen LogP contribution in [0.2, 0.25) is 5.02 Å². The van der Waals surface area contributed by atoms with Gasteiger partial charge in [-0.05, 0) is 48.9 Å².